The fourth-order valence-electron chi connectivity index (χ4n) is 2.08. The molecule has 0 aliphatic carbocycles. The second-order valence-corrected chi connectivity index (χ2v) is 4.70. The van der Waals surface area contributed by atoms with Crippen molar-refractivity contribution in [2.45, 2.75) is 13.3 Å². The van der Waals surface area contributed by atoms with Crippen molar-refractivity contribution < 1.29 is 14.0 Å². The Bertz CT molecular complexity index is 610. The van der Waals surface area contributed by atoms with Gasteiger partial charge in [0.2, 0.25) is 12.7 Å². The molecule has 0 radical (unpaired) electrons. The highest BCUT2D eigenvalue weighted by Crippen LogP contribution is 2.46. The van der Waals surface area contributed by atoms with Gasteiger partial charge in [0.1, 0.15) is 0 Å². The number of hydrogen-bond acceptors (Lipinski definition) is 5. The van der Waals surface area contributed by atoms with Crippen molar-refractivity contribution in [2.75, 3.05) is 12.5 Å². The lowest BCUT2D eigenvalue weighted by Gasteiger charge is -2.11. The summed E-state index contributed by atoms with van der Waals surface area (Å²) in [6, 6.07) is 1.91. The van der Waals surface area contributed by atoms with E-state index in [9.17, 15) is 0 Å². The Morgan fingerprint density at radius 3 is 2.89 bits per heavy atom. The third kappa shape index (κ3) is 1.56. The summed E-state index contributed by atoms with van der Waals surface area (Å²) in [4.78, 5) is 0. The molecule has 0 bridgehead atoms. The van der Waals surface area contributed by atoms with Gasteiger partial charge in [0.15, 0.2) is 11.5 Å². The summed E-state index contributed by atoms with van der Waals surface area (Å²) in [5.41, 5.74) is 8.59. The van der Waals surface area contributed by atoms with Crippen molar-refractivity contribution in [3.63, 3.8) is 0 Å². The van der Waals surface area contributed by atoms with E-state index in [0.29, 0.717) is 11.6 Å². The monoisotopic (exact) mass is 310 g/mol. The van der Waals surface area contributed by atoms with Crippen molar-refractivity contribution in [3.8, 4) is 22.6 Å². The SMILES string of the molecule is CCc1c(-c2cnoc2N)cc2c(c1Br)OCO2. The molecule has 0 atom stereocenters. The van der Waals surface area contributed by atoms with Gasteiger partial charge in [-0.1, -0.05) is 12.1 Å². The van der Waals surface area contributed by atoms with Crippen molar-refractivity contribution in [2.24, 2.45) is 0 Å². The van der Waals surface area contributed by atoms with Crippen LogP contribution in [0.25, 0.3) is 11.1 Å². The first-order valence-electron chi connectivity index (χ1n) is 5.53. The molecule has 2 aromatic rings. The molecular weight excluding hydrogens is 300 g/mol. The van der Waals surface area contributed by atoms with Gasteiger partial charge < -0.3 is 19.7 Å². The van der Waals surface area contributed by atoms with E-state index in [4.69, 9.17) is 19.7 Å². The zero-order valence-corrected chi connectivity index (χ0v) is 11.3. The molecule has 0 fully saturated rings. The molecule has 1 aliphatic rings. The lowest BCUT2D eigenvalue weighted by Crippen LogP contribution is -1.94. The van der Waals surface area contributed by atoms with Crippen LogP contribution in [-0.4, -0.2) is 11.9 Å². The topological polar surface area (TPSA) is 70.5 Å². The van der Waals surface area contributed by atoms with E-state index in [0.717, 1.165) is 33.3 Å². The van der Waals surface area contributed by atoms with E-state index in [2.05, 4.69) is 28.0 Å². The van der Waals surface area contributed by atoms with E-state index in [1.165, 1.54) is 0 Å². The van der Waals surface area contributed by atoms with Crippen molar-refractivity contribution >= 4 is 21.8 Å². The molecule has 0 amide bonds. The minimum absolute atomic E-state index is 0.236. The molecule has 1 aromatic carbocycles. The van der Waals surface area contributed by atoms with Gasteiger partial charge in [-0.15, -0.1) is 0 Å². The van der Waals surface area contributed by atoms with Crippen LogP contribution in [-0.2, 0) is 6.42 Å². The predicted octanol–water partition coefficient (Wildman–Crippen LogP) is 2.98. The molecule has 6 heteroatoms. The molecule has 1 aromatic heterocycles. The summed E-state index contributed by atoms with van der Waals surface area (Å²) in [6.07, 6.45) is 2.44. The van der Waals surface area contributed by atoms with Crippen LogP contribution in [0.15, 0.2) is 21.3 Å². The Labute approximate surface area is 112 Å². The van der Waals surface area contributed by atoms with Gasteiger partial charge in [-0.05, 0) is 39.5 Å². The van der Waals surface area contributed by atoms with E-state index < -0.39 is 0 Å². The lowest BCUT2D eigenvalue weighted by atomic mass is 9.99. The number of nitrogen functional groups attached to an aromatic ring is 1. The molecule has 2 heterocycles. The minimum atomic E-state index is 0.236. The second kappa shape index (κ2) is 4.20. The largest absolute Gasteiger partial charge is 0.454 e. The number of ether oxygens (including phenoxy) is 2. The molecule has 3 rings (SSSR count). The first-order chi connectivity index (χ1) is 8.72. The van der Waals surface area contributed by atoms with E-state index in [1.807, 2.05) is 6.07 Å². The Morgan fingerprint density at radius 1 is 1.39 bits per heavy atom. The normalized spacial score (nSPS) is 13.0. The van der Waals surface area contributed by atoms with Crippen LogP contribution in [0.1, 0.15) is 12.5 Å². The highest BCUT2D eigenvalue weighted by molar-refractivity contribution is 9.10. The van der Waals surface area contributed by atoms with Crippen LogP contribution in [0.2, 0.25) is 0 Å². The fraction of sp³-hybridized carbons (Fsp3) is 0.250. The van der Waals surface area contributed by atoms with Crippen LogP contribution >= 0.6 is 15.9 Å². The summed E-state index contributed by atoms with van der Waals surface area (Å²) < 4.78 is 16.7. The number of hydrogen-bond donors (Lipinski definition) is 1. The number of fused-ring (bicyclic) bond motifs is 1. The number of halogens is 1. The van der Waals surface area contributed by atoms with Crippen LogP contribution in [0.5, 0.6) is 11.5 Å². The van der Waals surface area contributed by atoms with Gasteiger partial charge in [0.05, 0.1) is 16.2 Å². The third-order valence-electron chi connectivity index (χ3n) is 2.95. The second-order valence-electron chi connectivity index (χ2n) is 3.91. The highest BCUT2D eigenvalue weighted by atomic mass is 79.9. The van der Waals surface area contributed by atoms with Crippen LogP contribution in [0.3, 0.4) is 0 Å². The number of nitrogens with two attached hydrogens (primary N) is 1. The van der Waals surface area contributed by atoms with Crippen LogP contribution in [0.4, 0.5) is 5.88 Å². The van der Waals surface area contributed by atoms with Gasteiger partial charge in [-0.3, -0.25) is 0 Å². The fourth-order valence-corrected chi connectivity index (χ4v) is 2.88. The van der Waals surface area contributed by atoms with E-state index in [1.54, 1.807) is 6.20 Å². The maximum absolute atomic E-state index is 5.77. The number of benzene rings is 1. The molecule has 0 saturated heterocycles. The Kier molecular flexibility index (Phi) is 2.66. The molecule has 2 N–H and O–H groups in total. The quantitative estimate of drug-likeness (QED) is 0.923. The number of anilines is 1. The molecule has 94 valence electrons. The first kappa shape index (κ1) is 11.4. The molecular formula is C12H11BrN2O3. The van der Waals surface area contributed by atoms with Crippen molar-refractivity contribution in [3.05, 3.63) is 22.3 Å². The standard InChI is InChI=1S/C12H11BrN2O3/c1-2-6-7(8-4-15-18-12(8)14)3-9-11(10(6)13)17-5-16-9/h3-4H,2,5,14H2,1H3. The first-order valence-corrected chi connectivity index (χ1v) is 6.33. The summed E-state index contributed by atoms with van der Waals surface area (Å²) in [6.45, 7) is 2.30. The molecule has 0 unspecified atom stereocenters. The van der Waals surface area contributed by atoms with E-state index >= 15 is 0 Å². The molecule has 0 saturated carbocycles. The predicted molar refractivity (Wildman–Crippen MR) is 69.6 cm³/mol. The van der Waals surface area contributed by atoms with E-state index in [-0.39, 0.29) is 6.79 Å². The van der Waals surface area contributed by atoms with Crippen LogP contribution < -0.4 is 15.2 Å². The summed E-state index contributed by atoms with van der Waals surface area (Å²) in [5, 5.41) is 3.71. The molecule has 0 spiro atoms. The summed E-state index contributed by atoms with van der Waals surface area (Å²) >= 11 is 3.56. The summed E-state index contributed by atoms with van der Waals surface area (Å²) in [5.74, 6) is 1.75. The average molecular weight is 311 g/mol. The average Bonchev–Trinajstić information content (AvgIpc) is 2.97. The smallest absolute Gasteiger partial charge is 0.231 e. The zero-order valence-electron chi connectivity index (χ0n) is 9.70. The third-order valence-corrected chi connectivity index (χ3v) is 3.79. The van der Waals surface area contributed by atoms with Gasteiger partial charge >= 0.3 is 0 Å². The maximum atomic E-state index is 5.77. The summed E-state index contributed by atoms with van der Waals surface area (Å²) in [7, 11) is 0. The Morgan fingerprint density at radius 2 is 2.22 bits per heavy atom. The van der Waals surface area contributed by atoms with Gasteiger partial charge in [-0.25, -0.2) is 0 Å². The maximum Gasteiger partial charge on any atom is 0.231 e. The number of nitrogens with zero attached hydrogens (tertiary/aromatic N) is 1. The van der Waals surface area contributed by atoms with Crippen LogP contribution in [0, 0.1) is 0 Å². The number of aromatic nitrogens is 1. The zero-order chi connectivity index (χ0) is 12.7. The Balaban J connectivity index is 2.27. The highest BCUT2D eigenvalue weighted by Gasteiger charge is 2.24. The molecule has 5 nitrogen and oxygen atoms in total. The minimum Gasteiger partial charge on any atom is -0.454 e. The van der Waals surface area contributed by atoms with Crippen molar-refractivity contribution in [1.29, 1.82) is 0 Å². The lowest BCUT2D eigenvalue weighted by molar-refractivity contribution is 0.173. The van der Waals surface area contributed by atoms with Gasteiger partial charge in [-0.2, -0.15) is 0 Å². The number of rotatable bonds is 2. The van der Waals surface area contributed by atoms with Gasteiger partial charge in [0.25, 0.3) is 0 Å². The van der Waals surface area contributed by atoms with Crippen molar-refractivity contribution in [1.82, 2.24) is 5.16 Å². The molecule has 18 heavy (non-hydrogen) atoms. The Hall–Kier alpha value is -1.69. The molecule has 1 aliphatic heterocycles. The van der Waals surface area contributed by atoms with Gasteiger partial charge in [0, 0.05) is 0 Å².